The second kappa shape index (κ2) is 6.60. The fourth-order valence-corrected chi connectivity index (χ4v) is 4.98. The highest BCUT2D eigenvalue weighted by molar-refractivity contribution is 7.85. The lowest BCUT2D eigenvalue weighted by Gasteiger charge is -2.39. The van der Waals surface area contributed by atoms with E-state index in [1.165, 1.54) is 16.2 Å². The summed E-state index contributed by atoms with van der Waals surface area (Å²) in [6.45, 7) is 7.12. The molecule has 1 aromatic rings. The Bertz CT molecular complexity index is 634. The molecular formula is C15H21NO5S2. The molecule has 1 amide bonds. The van der Waals surface area contributed by atoms with Gasteiger partial charge in [-0.1, -0.05) is 0 Å². The molecule has 1 aliphatic rings. The first-order valence-electron chi connectivity index (χ1n) is 7.24. The molecule has 1 aliphatic heterocycles. The van der Waals surface area contributed by atoms with Crippen molar-refractivity contribution in [3.05, 3.63) is 21.9 Å². The zero-order valence-corrected chi connectivity index (χ0v) is 15.2. The maximum Gasteiger partial charge on any atom is 0.411 e. The smallest absolute Gasteiger partial charge is 0.411 e. The molecule has 1 fully saturated rings. The van der Waals surface area contributed by atoms with E-state index < -0.39 is 40.5 Å². The first-order valence-corrected chi connectivity index (χ1v) is 9.54. The lowest BCUT2D eigenvalue weighted by molar-refractivity contribution is -0.143. The first kappa shape index (κ1) is 17.9. The molecule has 2 rings (SSSR count). The van der Waals surface area contributed by atoms with E-state index in [2.05, 4.69) is 0 Å². The summed E-state index contributed by atoms with van der Waals surface area (Å²) in [5.74, 6) is -1.01. The summed E-state index contributed by atoms with van der Waals surface area (Å²) in [7, 11) is -1.30. The molecule has 0 bridgehead atoms. The molecule has 3 atom stereocenters. The lowest BCUT2D eigenvalue weighted by atomic mass is 10.1. The number of amides is 1. The van der Waals surface area contributed by atoms with Crippen molar-refractivity contribution < 1.29 is 23.6 Å². The Morgan fingerprint density at radius 2 is 2.00 bits per heavy atom. The van der Waals surface area contributed by atoms with Crippen molar-refractivity contribution in [2.24, 2.45) is 0 Å². The fraction of sp³-hybridized carbons (Fsp3) is 0.600. The highest BCUT2D eigenvalue weighted by Crippen LogP contribution is 2.34. The van der Waals surface area contributed by atoms with Crippen LogP contribution < -0.4 is 0 Å². The van der Waals surface area contributed by atoms with Crippen molar-refractivity contribution >= 4 is 34.2 Å². The van der Waals surface area contributed by atoms with Gasteiger partial charge in [-0.3, -0.25) is 9.11 Å². The topological polar surface area (TPSA) is 83.9 Å². The molecule has 23 heavy (non-hydrogen) atoms. The summed E-state index contributed by atoms with van der Waals surface area (Å²) in [6, 6.07) is 2.07. The minimum atomic E-state index is -1.30. The van der Waals surface area contributed by atoms with Crippen LogP contribution in [-0.4, -0.2) is 49.4 Å². The molecule has 1 aromatic heterocycles. The maximum atomic E-state index is 12.6. The number of carbonyl (C=O) groups excluding carboxylic acids is 1. The van der Waals surface area contributed by atoms with Gasteiger partial charge in [-0.05, 0) is 39.8 Å². The highest BCUT2D eigenvalue weighted by atomic mass is 32.2. The molecule has 0 aromatic carbocycles. The van der Waals surface area contributed by atoms with Crippen molar-refractivity contribution in [1.82, 2.24) is 4.90 Å². The summed E-state index contributed by atoms with van der Waals surface area (Å²) in [6.07, 6.45) is -0.683. The number of thiophene rings is 1. The number of carboxylic acids is 1. The minimum Gasteiger partial charge on any atom is -0.480 e. The third-order valence-electron chi connectivity index (χ3n) is 3.34. The van der Waals surface area contributed by atoms with E-state index in [-0.39, 0.29) is 11.5 Å². The van der Waals surface area contributed by atoms with Crippen molar-refractivity contribution in [2.45, 2.75) is 45.4 Å². The van der Waals surface area contributed by atoms with Gasteiger partial charge >= 0.3 is 12.1 Å². The molecule has 0 radical (unpaired) electrons. The summed E-state index contributed by atoms with van der Waals surface area (Å²) >= 11 is 1.47. The van der Waals surface area contributed by atoms with Crippen LogP contribution in [0.5, 0.6) is 0 Å². The van der Waals surface area contributed by atoms with Crippen LogP contribution in [0.2, 0.25) is 0 Å². The molecule has 0 aliphatic carbocycles. The van der Waals surface area contributed by atoms with Gasteiger partial charge in [-0.15, -0.1) is 11.3 Å². The average molecular weight is 359 g/mol. The van der Waals surface area contributed by atoms with E-state index >= 15 is 0 Å². The summed E-state index contributed by atoms with van der Waals surface area (Å²) < 4.78 is 17.5. The standard InChI is InChI=1S/C15H21NO5S2/c1-9-5-6-12(22-9)10-7-23(20)8-11(13(17)18)16(10)14(19)21-15(2,3)4/h5-6,10-11H,7-8H2,1-4H3,(H,17,18). The number of nitrogens with zero attached hydrogens (tertiary/aromatic N) is 1. The van der Waals surface area contributed by atoms with Crippen LogP contribution in [0.3, 0.4) is 0 Å². The number of hydrogen-bond donors (Lipinski definition) is 1. The second-order valence-electron chi connectivity index (χ2n) is 6.48. The van der Waals surface area contributed by atoms with Crippen LogP contribution in [-0.2, 0) is 20.3 Å². The Labute approximate surface area is 141 Å². The van der Waals surface area contributed by atoms with Gasteiger partial charge in [-0.25, -0.2) is 9.59 Å². The Morgan fingerprint density at radius 1 is 1.35 bits per heavy atom. The van der Waals surface area contributed by atoms with Gasteiger partial charge in [0.15, 0.2) is 0 Å². The fourth-order valence-electron chi connectivity index (χ4n) is 2.41. The van der Waals surface area contributed by atoms with Crippen molar-refractivity contribution in [1.29, 1.82) is 0 Å². The van der Waals surface area contributed by atoms with Gasteiger partial charge in [0.25, 0.3) is 0 Å². The van der Waals surface area contributed by atoms with Crippen LogP contribution in [0.1, 0.15) is 36.6 Å². The van der Waals surface area contributed by atoms with Crippen LogP contribution in [0.4, 0.5) is 4.79 Å². The lowest BCUT2D eigenvalue weighted by Crippen LogP contribution is -2.55. The van der Waals surface area contributed by atoms with Crippen molar-refractivity contribution in [3.63, 3.8) is 0 Å². The van der Waals surface area contributed by atoms with Gasteiger partial charge < -0.3 is 9.84 Å². The summed E-state index contributed by atoms with van der Waals surface area (Å²) in [4.78, 5) is 27.3. The van der Waals surface area contributed by atoms with E-state index in [9.17, 15) is 18.9 Å². The van der Waals surface area contributed by atoms with E-state index in [1.54, 1.807) is 20.8 Å². The van der Waals surface area contributed by atoms with E-state index in [4.69, 9.17) is 4.74 Å². The zero-order valence-electron chi connectivity index (χ0n) is 13.6. The Balaban J connectivity index is 2.40. The van der Waals surface area contributed by atoms with E-state index in [0.29, 0.717) is 0 Å². The maximum absolute atomic E-state index is 12.6. The monoisotopic (exact) mass is 359 g/mol. The predicted octanol–water partition coefficient (Wildman–Crippen LogP) is 2.55. The Morgan fingerprint density at radius 3 is 2.48 bits per heavy atom. The number of hydrogen-bond acceptors (Lipinski definition) is 5. The molecule has 1 N–H and O–H groups in total. The van der Waals surface area contributed by atoms with Crippen LogP contribution in [0.15, 0.2) is 12.1 Å². The quantitative estimate of drug-likeness (QED) is 0.877. The Hall–Kier alpha value is -1.41. The second-order valence-corrected chi connectivity index (χ2v) is 9.34. The number of ether oxygens (including phenoxy) is 1. The molecule has 128 valence electrons. The Kier molecular flexibility index (Phi) is 5.15. The third-order valence-corrected chi connectivity index (χ3v) is 5.81. The minimum absolute atomic E-state index is 0.0740. The predicted molar refractivity (Wildman–Crippen MR) is 89.2 cm³/mol. The summed E-state index contributed by atoms with van der Waals surface area (Å²) in [5, 5.41) is 9.46. The molecule has 0 saturated carbocycles. The number of aryl methyl sites for hydroxylation is 1. The van der Waals surface area contributed by atoms with Gasteiger partial charge in [0.05, 0.1) is 11.8 Å². The van der Waals surface area contributed by atoms with Crippen LogP contribution in [0, 0.1) is 6.92 Å². The molecule has 6 nitrogen and oxygen atoms in total. The third kappa shape index (κ3) is 4.32. The molecule has 8 heteroatoms. The van der Waals surface area contributed by atoms with Gasteiger partial charge in [-0.2, -0.15) is 0 Å². The molecule has 3 unspecified atom stereocenters. The van der Waals surface area contributed by atoms with Crippen molar-refractivity contribution in [3.8, 4) is 0 Å². The number of carbonyl (C=O) groups is 2. The summed E-state index contributed by atoms with van der Waals surface area (Å²) in [5.41, 5.74) is -0.730. The molecule has 2 heterocycles. The zero-order chi connectivity index (χ0) is 17.4. The van der Waals surface area contributed by atoms with Crippen LogP contribution >= 0.6 is 11.3 Å². The highest BCUT2D eigenvalue weighted by Gasteiger charge is 2.44. The van der Waals surface area contributed by atoms with Gasteiger partial charge in [0.1, 0.15) is 11.6 Å². The SMILES string of the molecule is Cc1ccc(C2CS(=O)CC(C(=O)O)N2C(=O)OC(C)(C)C)s1. The first-order chi connectivity index (χ1) is 10.6. The van der Waals surface area contributed by atoms with E-state index in [0.717, 1.165) is 9.75 Å². The number of carboxylic acid groups (broad SMARTS) is 1. The largest absolute Gasteiger partial charge is 0.480 e. The average Bonchev–Trinajstić information content (AvgIpc) is 2.82. The van der Waals surface area contributed by atoms with Crippen LogP contribution in [0.25, 0.3) is 0 Å². The molecule has 0 spiro atoms. The normalized spacial score (nSPS) is 25.2. The number of aliphatic carboxylic acids is 1. The van der Waals surface area contributed by atoms with E-state index in [1.807, 2.05) is 19.1 Å². The van der Waals surface area contributed by atoms with Gasteiger partial charge in [0, 0.05) is 26.3 Å². The van der Waals surface area contributed by atoms with Gasteiger partial charge in [0.2, 0.25) is 0 Å². The van der Waals surface area contributed by atoms with Crippen molar-refractivity contribution in [2.75, 3.05) is 11.5 Å². The molecule has 1 saturated heterocycles. The molecular weight excluding hydrogens is 338 g/mol. The number of rotatable bonds is 2.